The molecule has 1 fully saturated rings. The summed E-state index contributed by atoms with van der Waals surface area (Å²) in [5.74, 6) is 0. The molecule has 2 aromatic carbocycles. The Morgan fingerprint density at radius 1 is 0.905 bits per heavy atom. The van der Waals surface area contributed by atoms with Gasteiger partial charge >= 0.3 is 7.12 Å². The van der Waals surface area contributed by atoms with Gasteiger partial charge in [0, 0.05) is 0 Å². The van der Waals surface area contributed by atoms with Crippen LogP contribution in [0.15, 0.2) is 36.4 Å². The topological polar surface area (TPSA) is 22.8 Å². The fourth-order valence-corrected chi connectivity index (χ4v) is 2.58. The molecule has 0 amide bonds. The molecule has 0 radical (unpaired) electrons. The van der Waals surface area contributed by atoms with Crippen molar-refractivity contribution in [3.63, 3.8) is 0 Å². The summed E-state index contributed by atoms with van der Waals surface area (Å²) in [6.07, 6.45) is 0. The monoisotopic (exact) mass is 279 g/mol. The fourth-order valence-electron chi connectivity index (χ4n) is 2.58. The first kappa shape index (κ1) is 14.1. The summed E-state index contributed by atoms with van der Waals surface area (Å²) in [7, 11) is -0.403. The highest BCUT2D eigenvalue weighted by atomic mass is 16.7. The number of nitrogens with zero attached hydrogens (tertiary/aromatic N) is 1. The van der Waals surface area contributed by atoms with Gasteiger partial charge in [-0.15, -0.1) is 0 Å². The summed E-state index contributed by atoms with van der Waals surface area (Å²) < 4.78 is 12.3. The van der Waals surface area contributed by atoms with E-state index in [1.54, 1.807) is 0 Å². The standard InChI is InChI=1S/C17H18BNO2/c1-16(2)17(3,4)21-18(20-16)14-10-11-15(19-5)13-9-7-6-8-12(13)14/h6-11H,1-4H3. The number of hydrogen-bond donors (Lipinski definition) is 0. The molecule has 1 saturated heterocycles. The maximum absolute atomic E-state index is 7.29. The van der Waals surface area contributed by atoms with Crippen molar-refractivity contribution >= 4 is 29.0 Å². The summed E-state index contributed by atoms with van der Waals surface area (Å²) in [4.78, 5) is 3.59. The van der Waals surface area contributed by atoms with Crippen LogP contribution < -0.4 is 5.46 Å². The molecule has 0 aromatic heterocycles. The summed E-state index contributed by atoms with van der Waals surface area (Å²) in [5.41, 5.74) is 0.914. The van der Waals surface area contributed by atoms with Crippen molar-refractivity contribution in [2.24, 2.45) is 0 Å². The summed E-state index contributed by atoms with van der Waals surface area (Å²) in [5, 5.41) is 1.96. The van der Waals surface area contributed by atoms with Crippen LogP contribution in [0.5, 0.6) is 0 Å². The molecule has 1 aliphatic rings. The van der Waals surface area contributed by atoms with E-state index >= 15 is 0 Å². The van der Waals surface area contributed by atoms with E-state index < -0.39 is 7.12 Å². The molecule has 106 valence electrons. The lowest BCUT2D eigenvalue weighted by Gasteiger charge is -2.32. The van der Waals surface area contributed by atoms with Crippen LogP contribution in [-0.2, 0) is 9.31 Å². The van der Waals surface area contributed by atoms with Gasteiger partial charge in [0.2, 0.25) is 0 Å². The maximum Gasteiger partial charge on any atom is 0.495 e. The average Bonchev–Trinajstić information content (AvgIpc) is 2.66. The first-order valence-corrected chi connectivity index (χ1v) is 7.10. The SMILES string of the molecule is [C-]#[N+]c1ccc(B2OC(C)(C)C(C)(C)O2)c2ccccc12. The lowest BCUT2D eigenvalue weighted by atomic mass is 9.76. The predicted octanol–water partition coefficient (Wildman–Crippen LogP) is 3.69. The van der Waals surface area contributed by atoms with Crippen LogP contribution in [0.1, 0.15) is 27.7 Å². The predicted molar refractivity (Wildman–Crippen MR) is 85.9 cm³/mol. The van der Waals surface area contributed by atoms with E-state index in [0.717, 1.165) is 16.2 Å². The second-order valence-corrected chi connectivity index (χ2v) is 6.42. The van der Waals surface area contributed by atoms with Crippen LogP contribution in [0.4, 0.5) is 5.69 Å². The summed E-state index contributed by atoms with van der Waals surface area (Å²) in [6, 6.07) is 11.7. The second kappa shape index (κ2) is 4.59. The Kier molecular flexibility index (Phi) is 3.09. The molecule has 4 heteroatoms. The van der Waals surface area contributed by atoms with Gasteiger partial charge in [0.05, 0.1) is 17.8 Å². The number of hydrogen-bond acceptors (Lipinski definition) is 2. The van der Waals surface area contributed by atoms with Gasteiger partial charge in [0.15, 0.2) is 5.69 Å². The van der Waals surface area contributed by atoms with E-state index in [2.05, 4.69) is 4.85 Å². The minimum atomic E-state index is -0.403. The minimum Gasteiger partial charge on any atom is -0.399 e. The normalized spacial score (nSPS) is 19.7. The summed E-state index contributed by atoms with van der Waals surface area (Å²) >= 11 is 0. The largest absolute Gasteiger partial charge is 0.495 e. The van der Waals surface area contributed by atoms with E-state index in [1.807, 2.05) is 64.1 Å². The second-order valence-electron chi connectivity index (χ2n) is 6.42. The van der Waals surface area contributed by atoms with Gasteiger partial charge in [-0.3, -0.25) is 0 Å². The van der Waals surface area contributed by atoms with Gasteiger partial charge in [-0.25, -0.2) is 4.85 Å². The van der Waals surface area contributed by atoms with Crippen molar-refractivity contribution in [1.82, 2.24) is 0 Å². The van der Waals surface area contributed by atoms with Gasteiger partial charge in [0.25, 0.3) is 0 Å². The van der Waals surface area contributed by atoms with E-state index in [4.69, 9.17) is 15.9 Å². The molecular formula is C17H18BNO2. The van der Waals surface area contributed by atoms with Gasteiger partial charge in [-0.05, 0) is 43.9 Å². The molecule has 0 saturated carbocycles. The Morgan fingerprint density at radius 3 is 2.05 bits per heavy atom. The molecule has 0 N–H and O–H groups in total. The molecule has 0 unspecified atom stereocenters. The first-order valence-electron chi connectivity index (χ1n) is 7.10. The number of fused-ring (bicyclic) bond motifs is 1. The van der Waals surface area contributed by atoms with Crippen LogP contribution in [0.25, 0.3) is 15.6 Å². The Balaban J connectivity index is 2.14. The Hall–Kier alpha value is -1.83. The molecule has 0 atom stereocenters. The van der Waals surface area contributed by atoms with Crippen LogP contribution in [-0.4, -0.2) is 18.3 Å². The molecule has 0 aliphatic carbocycles. The maximum atomic E-state index is 7.29. The lowest BCUT2D eigenvalue weighted by Crippen LogP contribution is -2.41. The van der Waals surface area contributed by atoms with E-state index in [1.165, 1.54) is 0 Å². The zero-order chi connectivity index (χ0) is 15.3. The van der Waals surface area contributed by atoms with Crippen LogP contribution in [0, 0.1) is 6.57 Å². The smallest absolute Gasteiger partial charge is 0.399 e. The Bertz CT molecular complexity index is 730. The minimum absolute atomic E-state index is 0.364. The number of benzene rings is 2. The highest BCUT2D eigenvalue weighted by molar-refractivity contribution is 6.65. The third kappa shape index (κ3) is 2.14. The molecule has 21 heavy (non-hydrogen) atoms. The molecule has 1 aliphatic heterocycles. The summed E-state index contributed by atoms with van der Waals surface area (Å²) in [6.45, 7) is 15.5. The first-order chi connectivity index (χ1) is 9.86. The molecule has 2 aromatic rings. The molecule has 0 spiro atoms. The quantitative estimate of drug-likeness (QED) is 0.587. The molecular weight excluding hydrogens is 261 g/mol. The fraction of sp³-hybridized carbons (Fsp3) is 0.353. The third-order valence-electron chi connectivity index (χ3n) is 4.56. The van der Waals surface area contributed by atoms with E-state index in [9.17, 15) is 0 Å². The average molecular weight is 279 g/mol. The molecule has 1 heterocycles. The zero-order valence-electron chi connectivity index (χ0n) is 12.8. The highest BCUT2D eigenvalue weighted by Crippen LogP contribution is 2.37. The van der Waals surface area contributed by atoms with Gasteiger partial charge < -0.3 is 9.31 Å². The van der Waals surface area contributed by atoms with Crippen molar-refractivity contribution in [2.45, 2.75) is 38.9 Å². The van der Waals surface area contributed by atoms with Gasteiger partial charge in [-0.2, -0.15) is 0 Å². The molecule has 3 nitrogen and oxygen atoms in total. The molecule has 0 bridgehead atoms. The van der Waals surface area contributed by atoms with Crippen molar-refractivity contribution in [3.05, 3.63) is 47.8 Å². The zero-order valence-corrected chi connectivity index (χ0v) is 12.8. The van der Waals surface area contributed by atoms with Crippen molar-refractivity contribution in [3.8, 4) is 0 Å². The van der Waals surface area contributed by atoms with E-state index in [0.29, 0.717) is 5.69 Å². The Morgan fingerprint density at radius 2 is 1.48 bits per heavy atom. The third-order valence-corrected chi connectivity index (χ3v) is 4.56. The van der Waals surface area contributed by atoms with Crippen LogP contribution in [0.3, 0.4) is 0 Å². The number of rotatable bonds is 1. The van der Waals surface area contributed by atoms with Gasteiger partial charge in [0.1, 0.15) is 0 Å². The van der Waals surface area contributed by atoms with Gasteiger partial charge in [-0.1, -0.05) is 36.4 Å². The molecule has 3 rings (SSSR count). The van der Waals surface area contributed by atoms with E-state index in [-0.39, 0.29) is 11.2 Å². The van der Waals surface area contributed by atoms with Crippen LogP contribution >= 0.6 is 0 Å². The van der Waals surface area contributed by atoms with Crippen molar-refractivity contribution in [1.29, 1.82) is 0 Å². The highest BCUT2D eigenvalue weighted by Gasteiger charge is 2.52. The van der Waals surface area contributed by atoms with Crippen molar-refractivity contribution in [2.75, 3.05) is 0 Å². The Labute approximate surface area is 125 Å². The van der Waals surface area contributed by atoms with Crippen LogP contribution in [0.2, 0.25) is 0 Å². The van der Waals surface area contributed by atoms with Crippen molar-refractivity contribution < 1.29 is 9.31 Å². The lowest BCUT2D eigenvalue weighted by molar-refractivity contribution is 0.00578.